The number of nitrogens with zero attached hydrogens (tertiary/aromatic N) is 2. The molecule has 0 aliphatic heterocycles. The van der Waals surface area contributed by atoms with Crippen molar-refractivity contribution in [1.82, 2.24) is 14.7 Å². The van der Waals surface area contributed by atoms with Crippen molar-refractivity contribution >= 4 is 28.3 Å². The molecule has 0 fully saturated rings. The summed E-state index contributed by atoms with van der Waals surface area (Å²) in [6.07, 6.45) is 4.43. The van der Waals surface area contributed by atoms with E-state index in [-0.39, 0.29) is 12.2 Å². The second-order valence-electron chi connectivity index (χ2n) is 5.96. The second kappa shape index (κ2) is 7.22. The van der Waals surface area contributed by atoms with Crippen LogP contribution in [0, 0.1) is 0 Å². The molecule has 2 aromatic rings. The van der Waals surface area contributed by atoms with Crippen LogP contribution in [0.5, 0.6) is 0 Å². The van der Waals surface area contributed by atoms with Gasteiger partial charge < -0.3 is 15.8 Å². The topological polar surface area (TPSA) is 116 Å². The van der Waals surface area contributed by atoms with Gasteiger partial charge in [-0.3, -0.25) is 9.20 Å². The molecule has 0 spiro atoms. The summed E-state index contributed by atoms with van der Waals surface area (Å²) in [6, 6.07) is -0.202. The molecule has 2 heterocycles. The zero-order valence-corrected chi connectivity index (χ0v) is 14.7. The van der Waals surface area contributed by atoms with Crippen molar-refractivity contribution < 1.29 is 14.3 Å². The number of rotatable bonds is 5. The molecule has 9 heteroatoms. The van der Waals surface area contributed by atoms with Crippen LogP contribution in [0.15, 0.2) is 10.9 Å². The van der Waals surface area contributed by atoms with Gasteiger partial charge in [0.15, 0.2) is 4.96 Å². The van der Waals surface area contributed by atoms with E-state index < -0.39 is 18.0 Å². The van der Waals surface area contributed by atoms with E-state index in [1.807, 2.05) is 0 Å². The van der Waals surface area contributed by atoms with Crippen molar-refractivity contribution in [3.05, 3.63) is 32.7 Å². The van der Waals surface area contributed by atoms with Crippen LogP contribution >= 0.6 is 11.3 Å². The number of carbonyl (C=O) groups excluding carboxylic acids is 2. The van der Waals surface area contributed by atoms with E-state index in [4.69, 9.17) is 10.5 Å². The van der Waals surface area contributed by atoms with Crippen LogP contribution in [-0.4, -0.2) is 27.4 Å². The molecule has 2 amide bonds. The lowest BCUT2D eigenvalue weighted by Crippen LogP contribution is -2.44. The molecule has 1 aliphatic carbocycles. The maximum absolute atomic E-state index is 12.4. The fourth-order valence-electron chi connectivity index (χ4n) is 2.96. The normalized spacial score (nSPS) is 14.8. The molecule has 0 bridgehead atoms. The molecule has 2 aromatic heterocycles. The maximum atomic E-state index is 12.4. The number of urea groups is 1. The van der Waals surface area contributed by atoms with Crippen molar-refractivity contribution in [3.8, 4) is 0 Å². The molecular weight excluding hydrogens is 344 g/mol. The lowest BCUT2D eigenvalue weighted by Gasteiger charge is -2.14. The molecule has 3 N–H and O–H groups in total. The Morgan fingerprint density at radius 3 is 2.92 bits per heavy atom. The van der Waals surface area contributed by atoms with Gasteiger partial charge in [0, 0.05) is 16.6 Å². The fourth-order valence-corrected chi connectivity index (χ4v) is 4.19. The van der Waals surface area contributed by atoms with Crippen LogP contribution in [0.25, 0.3) is 4.96 Å². The fraction of sp³-hybridized carbons (Fsp3) is 0.500. The zero-order valence-electron chi connectivity index (χ0n) is 13.9. The van der Waals surface area contributed by atoms with Crippen LogP contribution in [0.2, 0.25) is 0 Å². The predicted octanol–water partition coefficient (Wildman–Crippen LogP) is 1.12. The Kier molecular flexibility index (Phi) is 5.03. The number of carbonyl (C=O) groups is 2. The zero-order chi connectivity index (χ0) is 18.0. The number of aryl methyl sites for hydroxylation is 2. The Labute approximate surface area is 148 Å². The van der Waals surface area contributed by atoms with E-state index in [1.54, 1.807) is 11.3 Å². The molecule has 0 unspecified atom stereocenters. The quantitative estimate of drug-likeness (QED) is 0.772. The van der Waals surface area contributed by atoms with Crippen LogP contribution in [0.4, 0.5) is 4.79 Å². The highest BCUT2D eigenvalue weighted by atomic mass is 32.1. The molecule has 0 aromatic carbocycles. The second-order valence-corrected chi connectivity index (χ2v) is 7.02. The van der Waals surface area contributed by atoms with Crippen LogP contribution in [0.1, 0.15) is 42.5 Å². The van der Waals surface area contributed by atoms with E-state index in [0.717, 1.165) is 31.4 Å². The van der Waals surface area contributed by atoms with Gasteiger partial charge in [-0.05, 0) is 32.1 Å². The number of nitrogens with two attached hydrogens (primary N) is 1. The van der Waals surface area contributed by atoms with Gasteiger partial charge in [-0.25, -0.2) is 14.6 Å². The third-order valence-electron chi connectivity index (χ3n) is 4.19. The summed E-state index contributed by atoms with van der Waals surface area (Å²) in [5.41, 5.74) is 6.33. The van der Waals surface area contributed by atoms with E-state index >= 15 is 0 Å². The van der Waals surface area contributed by atoms with Crippen molar-refractivity contribution in [2.75, 3.05) is 0 Å². The van der Waals surface area contributed by atoms with Gasteiger partial charge in [0.05, 0.1) is 5.69 Å². The van der Waals surface area contributed by atoms with Crippen LogP contribution < -0.4 is 16.6 Å². The smallest absolute Gasteiger partial charge is 0.329 e. The highest BCUT2D eigenvalue weighted by Gasteiger charge is 2.21. The molecule has 1 atom stereocenters. The molecule has 0 saturated carbocycles. The van der Waals surface area contributed by atoms with Crippen molar-refractivity contribution in [3.63, 3.8) is 0 Å². The number of ether oxygens (including phenoxy) is 1. The first-order chi connectivity index (χ1) is 12.0. The SMILES string of the molecule is CC[C@H](NC(N)=O)C(=O)OCc1cc(=O)n2c3c(sc2n1)CCCC3. The minimum atomic E-state index is -0.809. The first kappa shape index (κ1) is 17.4. The Hall–Kier alpha value is -2.42. The maximum Gasteiger partial charge on any atom is 0.329 e. The van der Waals surface area contributed by atoms with Gasteiger partial charge >= 0.3 is 12.0 Å². The lowest BCUT2D eigenvalue weighted by atomic mass is 10.0. The van der Waals surface area contributed by atoms with Crippen molar-refractivity contribution in [2.45, 2.75) is 51.7 Å². The van der Waals surface area contributed by atoms with E-state index in [9.17, 15) is 14.4 Å². The molecule has 1 aliphatic rings. The molecule has 25 heavy (non-hydrogen) atoms. The Bertz CT molecular complexity index is 873. The van der Waals surface area contributed by atoms with Gasteiger partial charge in [0.2, 0.25) is 0 Å². The Morgan fingerprint density at radius 1 is 1.44 bits per heavy atom. The highest BCUT2D eigenvalue weighted by Crippen LogP contribution is 2.28. The number of hydrogen-bond donors (Lipinski definition) is 2. The highest BCUT2D eigenvalue weighted by molar-refractivity contribution is 7.17. The van der Waals surface area contributed by atoms with Gasteiger partial charge in [0.25, 0.3) is 5.56 Å². The van der Waals surface area contributed by atoms with E-state index in [1.165, 1.54) is 22.3 Å². The third kappa shape index (κ3) is 3.65. The Balaban J connectivity index is 1.77. The van der Waals surface area contributed by atoms with E-state index in [2.05, 4.69) is 10.3 Å². The lowest BCUT2D eigenvalue weighted by molar-refractivity contribution is -0.147. The van der Waals surface area contributed by atoms with Gasteiger partial charge in [0.1, 0.15) is 12.6 Å². The summed E-state index contributed by atoms with van der Waals surface area (Å²) in [6.45, 7) is 1.61. The number of fused-ring (bicyclic) bond motifs is 3. The number of hydrogen-bond acceptors (Lipinski definition) is 6. The van der Waals surface area contributed by atoms with Crippen LogP contribution in [-0.2, 0) is 29.0 Å². The van der Waals surface area contributed by atoms with Gasteiger partial charge in [-0.15, -0.1) is 11.3 Å². The summed E-state index contributed by atoms with van der Waals surface area (Å²) in [5, 5.41) is 2.32. The molecular formula is C16H20N4O4S. The number of primary amides is 1. The number of aromatic nitrogens is 2. The molecule has 8 nitrogen and oxygen atoms in total. The molecule has 0 saturated heterocycles. The minimum Gasteiger partial charge on any atom is -0.458 e. The van der Waals surface area contributed by atoms with E-state index in [0.29, 0.717) is 17.1 Å². The number of esters is 1. The molecule has 3 rings (SSSR count). The van der Waals surface area contributed by atoms with Crippen molar-refractivity contribution in [1.29, 1.82) is 0 Å². The molecule has 134 valence electrons. The third-order valence-corrected chi connectivity index (χ3v) is 5.33. The first-order valence-electron chi connectivity index (χ1n) is 8.25. The Morgan fingerprint density at radius 2 is 2.20 bits per heavy atom. The van der Waals surface area contributed by atoms with Gasteiger partial charge in [-0.2, -0.15) is 0 Å². The van der Waals surface area contributed by atoms with Gasteiger partial charge in [-0.1, -0.05) is 6.92 Å². The minimum absolute atomic E-state index is 0.121. The summed E-state index contributed by atoms with van der Waals surface area (Å²) in [4.78, 5) is 41.6. The summed E-state index contributed by atoms with van der Waals surface area (Å²) >= 11 is 1.52. The number of amides is 2. The average molecular weight is 364 g/mol. The summed E-state index contributed by atoms with van der Waals surface area (Å²) in [5.74, 6) is -0.603. The summed E-state index contributed by atoms with van der Waals surface area (Å²) in [7, 11) is 0. The largest absolute Gasteiger partial charge is 0.458 e. The number of thiazole rings is 1. The first-order valence-corrected chi connectivity index (χ1v) is 9.07. The summed E-state index contributed by atoms with van der Waals surface area (Å²) < 4.78 is 6.83. The average Bonchev–Trinajstić information content (AvgIpc) is 2.96. The predicted molar refractivity (Wildman–Crippen MR) is 92.6 cm³/mol. The van der Waals surface area contributed by atoms with Crippen molar-refractivity contribution in [2.24, 2.45) is 5.73 Å². The number of nitrogens with one attached hydrogen (secondary N) is 1. The standard InChI is InChI=1S/C16H20N4O4S/c1-2-10(19-15(17)23)14(22)24-8-9-7-13(21)20-11-5-3-4-6-12(11)25-16(20)18-9/h7,10H,2-6,8H2,1H3,(H3,17,19,23)/t10-/m0/s1. The van der Waals surface area contributed by atoms with Crippen LogP contribution in [0.3, 0.4) is 0 Å². The molecule has 0 radical (unpaired) electrons. The monoisotopic (exact) mass is 364 g/mol.